The monoisotopic (exact) mass is 303 g/mol. The quantitative estimate of drug-likeness (QED) is 0.785. The first kappa shape index (κ1) is 15.7. The minimum Gasteiger partial charge on any atom is -0.340 e. The fraction of sp³-hybridized carbons (Fsp3) is 0.923. The van der Waals surface area contributed by atoms with Crippen LogP contribution in [0.3, 0.4) is 0 Å². The van der Waals surface area contributed by atoms with Gasteiger partial charge in [0.15, 0.2) is 0 Å². The maximum atomic E-state index is 12.2. The highest BCUT2D eigenvalue weighted by atomic mass is 32.2. The summed E-state index contributed by atoms with van der Waals surface area (Å²) in [6, 6.07) is -0.0710. The van der Waals surface area contributed by atoms with Crippen molar-refractivity contribution in [2.75, 3.05) is 39.0 Å². The molecule has 7 heteroatoms. The van der Waals surface area contributed by atoms with Gasteiger partial charge in [-0.1, -0.05) is 6.92 Å². The van der Waals surface area contributed by atoms with E-state index >= 15 is 0 Å². The number of nitrogens with zero attached hydrogens (tertiary/aromatic N) is 2. The van der Waals surface area contributed by atoms with E-state index < -0.39 is 10.0 Å². The van der Waals surface area contributed by atoms with E-state index in [0.29, 0.717) is 19.6 Å². The van der Waals surface area contributed by atoms with Crippen LogP contribution in [-0.4, -0.2) is 68.6 Å². The number of piperidine rings is 1. The van der Waals surface area contributed by atoms with Gasteiger partial charge in [0.1, 0.15) is 0 Å². The van der Waals surface area contributed by atoms with Crippen molar-refractivity contribution in [3.63, 3.8) is 0 Å². The Morgan fingerprint density at radius 1 is 1.35 bits per heavy atom. The number of sulfonamides is 1. The number of amides is 1. The number of carbonyl (C=O) groups excluding carboxylic acids is 1. The molecule has 0 spiro atoms. The third kappa shape index (κ3) is 3.71. The Labute approximate surface area is 121 Å². The fourth-order valence-electron chi connectivity index (χ4n) is 3.08. The maximum Gasteiger partial charge on any atom is 0.239 e. The second-order valence-electron chi connectivity index (χ2n) is 5.83. The van der Waals surface area contributed by atoms with E-state index in [1.54, 1.807) is 4.31 Å². The molecule has 2 rings (SSSR count). The number of hydrogen-bond acceptors (Lipinski definition) is 4. The average Bonchev–Trinajstić information content (AvgIpc) is 2.40. The summed E-state index contributed by atoms with van der Waals surface area (Å²) in [6.45, 7) is 5.40. The largest absolute Gasteiger partial charge is 0.340 e. The van der Waals surface area contributed by atoms with E-state index in [9.17, 15) is 13.2 Å². The van der Waals surface area contributed by atoms with Crippen LogP contribution in [0.4, 0.5) is 0 Å². The predicted molar refractivity (Wildman–Crippen MR) is 77.8 cm³/mol. The fourth-order valence-corrected chi connectivity index (χ4v) is 4.02. The zero-order valence-corrected chi connectivity index (χ0v) is 13.2. The molecule has 6 nitrogen and oxygen atoms in total. The number of rotatable bonds is 4. The van der Waals surface area contributed by atoms with E-state index in [4.69, 9.17) is 0 Å². The van der Waals surface area contributed by atoms with E-state index in [1.807, 2.05) is 11.8 Å². The van der Waals surface area contributed by atoms with Gasteiger partial charge in [-0.05, 0) is 25.2 Å². The summed E-state index contributed by atoms with van der Waals surface area (Å²) < 4.78 is 24.8. The molecule has 0 saturated carbocycles. The van der Waals surface area contributed by atoms with Gasteiger partial charge in [0, 0.05) is 32.7 Å². The molecule has 2 fully saturated rings. The molecule has 2 aliphatic rings. The van der Waals surface area contributed by atoms with Crippen LogP contribution in [0, 0.1) is 5.92 Å². The second-order valence-corrected chi connectivity index (χ2v) is 7.81. The van der Waals surface area contributed by atoms with Gasteiger partial charge in [-0.2, -0.15) is 0 Å². The van der Waals surface area contributed by atoms with Gasteiger partial charge in [0.2, 0.25) is 15.9 Å². The summed E-state index contributed by atoms with van der Waals surface area (Å²) in [4.78, 5) is 14.1. The molecule has 0 bridgehead atoms. The smallest absolute Gasteiger partial charge is 0.239 e. The van der Waals surface area contributed by atoms with Crippen LogP contribution in [-0.2, 0) is 14.8 Å². The number of nitrogens with one attached hydrogen (secondary N) is 1. The third-order valence-electron chi connectivity index (χ3n) is 4.22. The summed E-state index contributed by atoms with van der Waals surface area (Å²) in [5.74, 6) is 0.424. The lowest BCUT2D eigenvalue weighted by Gasteiger charge is -2.38. The van der Waals surface area contributed by atoms with Crippen molar-refractivity contribution in [1.82, 2.24) is 14.5 Å². The molecule has 2 unspecified atom stereocenters. The Balaban J connectivity index is 1.94. The van der Waals surface area contributed by atoms with E-state index in [0.717, 1.165) is 32.4 Å². The zero-order valence-electron chi connectivity index (χ0n) is 12.3. The van der Waals surface area contributed by atoms with Gasteiger partial charge < -0.3 is 10.2 Å². The molecule has 2 atom stereocenters. The average molecular weight is 303 g/mol. The van der Waals surface area contributed by atoms with Crippen LogP contribution in [0.15, 0.2) is 0 Å². The van der Waals surface area contributed by atoms with Gasteiger partial charge in [-0.15, -0.1) is 0 Å². The maximum absolute atomic E-state index is 12.2. The number of piperazine rings is 1. The molecule has 2 heterocycles. The van der Waals surface area contributed by atoms with Crippen LogP contribution < -0.4 is 5.32 Å². The summed E-state index contributed by atoms with van der Waals surface area (Å²) in [7, 11) is -3.11. The zero-order chi connectivity index (χ0) is 14.8. The van der Waals surface area contributed by atoms with Gasteiger partial charge >= 0.3 is 0 Å². The van der Waals surface area contributed by atoms with Crippen LogP contribution in [0.5, 0.6) is 0 Å². The molecule has 0 radical (unpaired) electrons. The molecular weight excluding hydrogens is 278 g/mol. The summed E-state index contributed by atoms with van der Waals surface area (Å²) in [5.41, 5.74) is 0. The van der Waals surface area contributed by atoms with Crippen molar-refractivity contribution in [1.29, 1.82) is 0 Å². The Bertz CT molecular complexity index is 452. The lowest BCUT2D eigenvalue weighted by Crippen LogP contribution is -2.56. The van der Waals surface area contributed by atoms with E-state index in [2.05, 4.69) is 5.32 Å². The minimum absolute atomic E-state index is 0.0710. The van der Waals surface area contributed by atoms with E-state index in [1.165, 1.54) is 6.26 Å². The van der Waals surface area contributed by atoms with Crippen molar-refractivity contribution in [2.45, 2.75) is 32.2 Å². The molecule has 116 valence electrons. The molecule has 2 saturated heterocycles. The number of carbonyl (C=O) groups is 1. The summed E-state index contributed by atoms with van der Waals surface area (Å²) >= 11 is 0. The molecule has 2 aliphatic heterocycles. The van der Waals surface area contributed by atoms with Gasteiger partial charge in [-0.3, -0.25) is 4.79 Å². The first-order valence-corrected chi connectivity index (χ1v) is 9.24. The molecule has 0 aromatic carbocycles. The van der Waals surface area contributed by atoms with Crippen molar-refractivity contribution in [3.05, 3.63) is 0 Å². The van der Waals surface area contributed by atoms with Gasteiger partial charge in [0.05, 0.1) is 12.3 Å². The van der Waals surface area contributed by atoms with Crippen LogP contribution in [0.2, 0.25) is 0 Å². The standard InChI is InChI=1S/C13H25N3O3S/c1-3-12-13(17)15(8-6-14-12)9-11-5-4-7-16(10-11)20(2,18)19/h11-12,14H,3-10H2,1-2H3. The predicted octanol–water partition coefficient (Wildman–Crippen LogP) is -0.132. The molecular formula is C13H25N3O3S. The Morgan fingerprint density at radius 3 is 2.75 bits per heavy atom. The Hall–Kier alpha value is -0.660. The van der Waals surface area contributed by atoms with Crippen molar-refractivity contribution >= 4 is 15.9 Å². The highest BCUT2D eigenvalue weighted by Gasteiger charge is 2.31. The summed E-state index contributed by atoms with van der Waals surface area (Å²) in [5, 5.41) is 3.22. The molecule has 1 amide bonds. The van der Waals surface area contributed by atoms with Crippen molar-refractivity contribution < 1.29 is 13.2 Å². The topological polar surface area (TPSA) is 69.7 Å². The first-order chi connectivity index (χ1) is 9.41. The summed E-state index contributed by atoms with van der Waals surface area (Å²) in [6.07, 6.45) is 3.95. The Morgan fingerprint density at radius 2 is 2.10 bits per heavy atom. The molecule has 0 aliphatic carbocycles. The molecule has 1 N–H and O–H groups in total. The van der Waals surface area contributed by atoms with Crippen LogP contribution >= 0.6 is 0 Å². The Kier molecular flexibility index (Phi) is 5.04. The normalized spacial score (nSPS) is 29.7. The number of hydrogen-bond donors (Lipinski definition) is 1. The molecule has 0 aromatic rings. The minimum atomic E-state index is -3.11. The lowest BCUT2D eigenvalue weighted by molar-refractivity contribution is -0.136. The SMILES string of the molecule is CCC1NCCN(CC2CCCN(S(C)(=O)=O)C2)C1=O. The molecule has 20 heavy (non-hydrogen) atoms. The van der Waals surface area contributed by atoms with Crippen LogP contribution in [0.1, 0.15) is 26.2 Å². The second kappa shape index (κ2) is 6.41. The first-order valence-electron chi connectivity index (χ1n) is 7.39. The third-order valence-corrected chi connectivity index (χ3v) is 5.49. The van der Waals surface area contributed by atoms with E-state index in [-0.39, 0.29) is 17.9 Å². The van der Waals surface area contributed by atoms with Gasteiger partial charge in [0.25, 0.3) is 0 Å². The van der Waals surface area contributed by atoms with Crippen LogP contribution in [0.25, 0.3) is 0 Å². The highest BCUT2D eigenvalue weighted by Crippen LogP contribution is 2.20. The lowest BCUT2D eigenvalue weighted by atomic mass is 9.98. The van der Waals surface area contributed by atoms with Gasteiger partial charge in [-0.25, -0.2) is 12.7 Å². The van der Waals surface area contributed by atoms with Crippen molar-refractivity contribution in [3.8, 4) is 0 Å². The van der Waals surface area contributed by atoms with Crippen molar-refractivity contribution in [2.24, 2.45) is 5.92 Å². The highest BCUT2D eigenvalue weighted by molar-refractivity contribution is 7.88. The molecule has 0 aromatic heterocycles.